The first-order valence-corrected chi connectivity index (χ1v) is 12.9. The zero-order valence-electron chi connectivity index (χ0n) is 19.4. The average molecular weight is 516 g/mol. The molecule has 2 N–H and O–H groups in total. The van der Waals surface area contributed by atoms with Gasteiger partial charge in [-0.05, 0) is 61.2 Å². The highest BCUT2D eigenvalue weighted by molar-refractivity contribution is 6.34. The van der Waals surface area contributed by atoms with Crippen molar-refractivity contribution in [1.82, 2.24) is 25.5 Å². The van der Waals surface area contributed by atoms with Gasteiger partial charge in [-0.25, -0.2) is 14.1 Å². The second-order valence-electron chi connectivity index (χ2n) is 9.09. The molecule has 0 saturated carbocycles. The minimum atomic E-state index is -0.284. The van der Waals surface area contributed by atoms with Crippen LogP contribution in [0.1, 0.15) is 53.0 Å². The second kappa shape index (κ2) is 10.7. The summed E-state index contributed by atoms with van der Waals surface area (Å²) < 4.78 is 15.3. The number of hydrogen-bond donors (Lipinski definition) is 2. The highest BCUT2D eigenvalue weighted by Gasteiger charge is 2.30. The first kappa shape index (κ1) is 24.3. The summed E-state index contributed by atoms with van der Waals surface area (Å²) in [7, 11) is 0. The van der Waals surface area contributed by atoms with E-state index in [9.17, 15) is 9.18 Å². The molecule has 1 aromatic carbocycles. The van der Waals surface area contributed by atoms with Gasteiger partial charge in [0.2, 0.25) is 0 Å². The number of alkyl halides is 1. The lowest BCUT2D eigenvalue weighted by Crippen LogP contribution is -2.45. The van der Waals surface area contributed by atoms with Gasteiger partial charge >= 0.3 is 0 Å². The largest absolute Gasteiger partial charge is 0.312 e. The summed E-state index contributed by atoms with van der Waals surface area (Å²) in [6.07, 6.45) is 10.2. The van der Waals surface area contributed by atoms with E-state index in [1.165, 1.54) is 18.6 Å². The Bertz CT molecular complexity index is 1200. The number of hydrazine groups is 1. The van der Waals surface area contributed by atoms with E-state index >= 15 is 0 Å². The Hall–Kier alpha value is -2.45. The molecule has 6 nitrogen and oxygen atoms in total. The Kier molecular flexibility index (Phi) is 7.39. The third-order valence-corrected chi connectivity index (χ3v) is 7.19. The summed E-state index contributed by atoms with van der Waals surface area (Å²) in [5.74, 6) is -0.495. The van der Waals surface area contributed by atoms with Gasteiger partial charge in [-0.2, -0.15) is 5.10 Å². The molecule has 1 unspecified atom stereocenters. The molecule has 0 radical (unpaired) electrons. The standard InChI is InChI=1S/C26H28Cl2FN5O/c27-19-6-9-23(22(28)15-19)34-25-18(14-17-4-7-20(29)8-5-17)16-30-11-10-21(25)24(31-34)26(35)32-33-12-2-1-3-13-33/h4-9,14,19,30H,1-3,10-13,15-16H2,(H,32,35)/b18-14+. The van der Waals surface area contributed by atoms with Crippen LogP contribution in [-0.2, 0) is 6.42 Å². The predicted molar refractivity (Wildman–Crippen MR) is 138 cm³/mol. The molecule has 1 fully saturated rings. The number of piperidine rings is 1. The van der Waals surface area contributed by atoms with Crippen LogP contribution < -0.4 is 10.7 Å². The summed E-state index contributed by atoms with van der Waals surface area (Å²) in [4.78, 5) is 13.4. The highest BCUT2D eigenvalue weighted by atomic mass is 35.5. The maximum atomic E-state index is 13.5. The predicted octanol–water partition coefficient (Wildman–Crippen LogP) is 4.81. The molecule has 3 heterocycles. The van der Waals surface area contributed by atoms with Gasteiger partial charge in [-0.1, -0.05) is 36.2 Å². The molecule has 0 bridgehead atoms. The fraction of sp³-hybridized carbons (Fsp3) is 0.385. The number of carbonyl (C=O) groups excluding carboxylic acids is 1. The Labute approximate surface area is 214 Å². The van der Waals surface area contributed by atoms with Crippen molar-refractivity contribution in [2.24, 2.45) is 0 Å². The Balaban J connectivity index is 1.62. The van der Waals surface area contributed by atoms with E-state index in [4.69, 9.17) is 28.3 Å². The molecule has 1 aromatic heterocycles. The van der Waals surface area contributed by atoms with E-state index in [1.807, 2.05) is 23.2 Å². The number of carbonyl (C=O) groups is 1. The minimum Gasteiger partial charge on any atom is -0.312 e. The van der Waals surface area contributed by atoms with Crippen molar-refractivity contribution in [3.8, 4) is 0 Å². The molecule has 1 amide bonds. The third-order valence-electron chi connectivity index (χ3n) is 6.54. The van der Waals surface area contributed by atoms with Gasteiger partial charge in [0.15, 0.2) is 5.69 Å². The molecule has 2 aromatic rings. The number of aromatic nitrogens is 2. The summed E-state index contributed by atoms with van der Waals surface area (Å²) in [6.45, 7) is 2.96. The van der Waals surface area contributed by atoms with Crippen molar-refractivity contribution < 1.29 is 9.18 Å². The molecule has 184 valence electrons. The lowest BCUT2D eigenvalue weighted by molar-refractivity contribution is 0.0743. The number of rotatable bonds is 4. The van der Waals surface area contributed by atoms with E-state index in [0.29, 0.717) is 42.4 Å². The Morgan fingerprint density at radius 2 is 1.97 bits per heavy atom. The molecule has 5 rings (SSSR count). The van der Waals surface area contributed by atoms with Crippen LogP contribution >= 0.6 is 23.2 Å². The number of benzene rings is 1. The summed E-state index contributed by atoms with van der Waals surface area (Å²) in [5.41, 5.74) is 7.70. The van der Waals surface area contributed by atoms with Crippen molar-refractivity contribution in [2.45, 2.75) is 37.5 Å². The fourth-order valence-corrected chi connectivity index (χ4v) is 5.41. The molecule has 35 heavy (non-hydrogen) atoms. The van der Waals surface area contributed by atoms with Crippen molar-refractivity contribution in [3.05, 3.63) is 69.8 Å². The van der Waals surface area contributed by atoms with Crippen molar-refractivity contribution in [1.29, 1.82) is 0 Å². The number of allylic oxidation sites excluding steroid dienone is 4. The van der Waals surface area contributed by atoms with E-state index in [1.54, 1.807) is 16.8 Å². The van der Waals surface area contributed by atoms with E-state index < -0.39 is 0 Å². The lowest BCUT2D eigenvalue weighted by atomic mass is 10.0. The molecular formula is C26H28Cl2FN5O. The number of halogens is 3. The molecule has 2 aliphatic heterocycles. The van der Waals surface area contributed by atoms with Crippen LogP contribution in [-0.4, -0.2) is 52.3 Å². The normalized spacial score (nSPS) is 22.3. The van der Waals surface area contributed by atoms with Crippen LogP contribution in [0.5, 0.6) is 0 Å². The molecule has 1 aliphatic carbocycles. The van der Waals surface area contributed by atoms with Crippen LogP contribution in [0.15, 0.2) is 41.4 Å². The lowest BCUT2D eigenvalue weighted by Gasteiger charge is -2.26. The average Bonchev–Trinajstić information content (AvgIpc) is 3.10. The maximum Gasteiger partial charge on any atom is 0.286 e. The van der Waals surface area contributed by atoms with E-state index in [0.717, 1.165) is 48.3 Å². The van der Waals surface area contributed by atoms with Gasteiger partial charge in [0.05, 0.1) is 16.8 Å². The van der Waals surface area contributed by atoms with Crippen LogP contribution in [0, 0.1) is 5.82 Å². The number of fused-ring (bicyclic) bond motifs is 1. The molecule has 3 aliphatic rings. The first-order valence-electron chi connectivity index (χ1n) is 12.1. The number of nitrogens with one attached hydrogen (secondary N) is 2. The summed E-state index contributed by atoms with van der Waals surface area (Å²) in [6, 6.07) is 6.36. The topological polar surface area (TPSA) is 62.2 Å². The first-order chi connectivity index (χ1) is 17.0. The molecule has 1 atom stereocenters. The number of hydrogen-bond acceptors (Lipinski definition) is 4. The van der Waals surface area contributed by atoms with Crippen LogP contribution in [0.2, 0.25) is 0 Å². The van der Waals surface area contributed by atoms with Gasteiger partial charge in [0.25, 0.3) is 5.91 Å². The van der Waals surface area contributed by atoms with E-state index in [2.05, 4.69) is 10.7 Å². The monoisotopic (exact) mass is 515 g/mol. The van der Waals surface area contributed by atoms with Crippen molar-refractivity contribution >= 4 is 46.5 Å². The SMILES string of the molecule is O=C(NN1CCCCC1)c1nn(C2=C(Cl)CC(Cl)C=C2)c2c1CCNC/C2=C\c1ccc(F)cc1. The minimum absolute atomic E-state index is 0.182. The zero-order valence-corrected chi connectivity index (χ0v) is 20.9. The maximum absolute atomic E-state index is 13.5. The van der Waals surface area contributed by atoms with Crippen molar-refractivity contribution in [2.75, 3.05) is 26.2 Å². The van der Waals surface area contributed by atoms with Crippen LogP contribution in [0.3, 0.4) is 0 Å². The van der Waals surface area contributed by atoms with Gasteiger partial charge < -0.3 is 5.32 Å². The number of nitrogens with zero attached hydrogens (tertiary/aromatic N) is 3. The smallest absolute Gasteiger partial charge is 0.286 e. The van der Waals surface area contributed by atoms with Gasteiger partial charge in [0.1, 0.15) is 5.82 Å². The molecule has 1 saturated heterocycles. The molecule has 9 heteroatoms. The van der Waals surface area contributed by atoms with Gasteiger partial charge in [0, 0.05) is 36.7 Å². The Morgan fingerprint density at radius 1 is 1.20 bits per heavy atom. The third kappa shape index (κ3) is 5.38. The molecular weight excluding hydrogens is 488 g/mol. The highest BCUT2D eigenvalue weighted by Crippen LogP contribution is 2.34. The van der Waals surface area contributed by atoms with Crippen LogP contribution in [0.25, 0.3) is 17.3 Å². The second-order valence-corrected chi connectivity index (χ2v) is 10.1. The molecule has 0 spiro atoms. The van der Waals surface area contributed by atoms with Gasteiger partial charge in [-0.15, -0.1) is 11.6 Å². The Morgan fingerprint density at radius 3 is 2.71 bits per heavy atom. The summed E-state index contributed by atoms with van der Waals surface area (Å²) in [5, 5.41) is 10.7. The van der Waals surface area contributed by atoms with E-state index in [-0.39, 0.29) is 17.1 Å². The van der Waals surface area contributed by atoms with Gasteiger partial charge in [-0.3, -0.25) is 10.2 Å². The quantitative estimate of drug-likeness (QED) is 0.573. The van der Waals surface area contributed by atoms with Crippen molar-refractivity contribution in [3.63, 3.8) is 0 Å². The number of amides is 1. The zero-order chi connectivity index (χ0) is 24.4. The fourth-order valence-electron chi connectivity index (χ4n) is 4.79. The summed E-state index contributed by atoms with van der Waals surface area (Å²) >= 11 is 13.0. The van der Waals surface area contributed by atoms with Crippen LogP contribution in [0.4, 0.5) is 4.39 Å².